The zero-order valence-corrected chi connectivity index (χ0v) is 10.8. The maximum atomic E-state index is 11.6. The second kappa shape index (κ2) is 4.68. The molecule has 1 heterocycles. The van der Waals surface area contributed by atoms with Crippen LogP contribution < -0.4 is 10.4 Å². The first kappa shape index (κ1) is 13.0. The molecule has 1 aromatic carbocycles. The minimum Gasteiger partial charge on any atom is -0.422 e. The van der Waals surface area contributed by atoms with Gasteiger partial charge in [-0.3, -0.25) is 9.59 Å². The summed E-state index contributed by atoms with van der Waals surface area (Å²) in [5.74, 6) is -0.861. The predicted octanol–water partition coefficient (Wildman–Crippen LogP) is 2.23. The van der Waals surface area contributed by atoms with Crippen molar-refractivity contribution in [3.8, 4) is 5.75 Å². The molecule has 1 aromatic heterocycles. The summed E-state index contributed by atoms with van der Waals surface area (Å²) >= 11 is 0. The summed E-state index contributed by atoms with van der Waals surface area (Å²) in [6.07, 6.45) is 0. The van der Waals surface area contributed by atoms with E-state index in [1.165, 1.54) is 19.9 Å². The van der Waals surface area contributed by atoms with Crippen molar-refractivity contribution in [1.29, 1.82) is 0 Å². The summed E-state index contributed by atoms with van der Waals surface area (Å²) in [5, 5.41) is 0.626. The summed E-state index contributed by atoms with van der Waals surface area (Å²) in [6, 6.07) is 4.56. The second-order valence-electron chi connectivity index (χ2n) is 4.22. The number of fused-ring (bicyclic) bond motifs is 1. The summed E-state index contributed by atoms with van der Waals surface area (Å²) in [4.78, 5) is 34.1. The summed E-state index contributed by atoms with van der Waals surface area (Å²) in [7, 11) is 0. The molecule has 0 N–H and O–H groups in total. The molecule has 19 heavy (non-hydrogen) atoms. The Hall–Kier alpha value is -2.43. The molecular formula is C14H12O5. The Morgan fingerprint density at radius 3 is 2.47 bits per heavy atom. The minimum atomic E-state index is -0.584. The molecule has 98 valence electrons. The molecule has 0 fully saturated rings. The lowest BCUT2D eigenvalue weighted by Crippen LogP contribution is -2.08. The maximum absolute atomic E-state index is 11.6. The standard InChI is InChI=1S/C14H12O5/c1-7-6-12(17)19-13-10(7)4-5-11(8(2)15)14(13)18-9(3)16/h4-6H,1-3H3. The van der Waals surface area contributed by atoms with Crippen molar-refractivity contribution in [3.63, 3.8) is 0 Å². The topological polar surface area (TPSA) is 73.6 Å². The highest BCUT2D eigenvalue weighted by Crippen LogP contribution is 2.31. The van der Waals surface area contributed by atoms with Crippen LogP contribution in [0.15, 0.2) is 27.4 Å². The van der Waals surface area contributed by atoms with Crippen LogP contribution in [0.3, 0.4) is 0 Å². The fourth-order valence-electron chi connectivity index (χ4n) is 1.88. The number of carbonyl (C=O) groups excluding carboxylic acids is 2. The van der Waals surface area contributed by atoms with Crippen molar-refractivity contribution in [3.05, 3.63) is 39.7 Å². The van der Waals surface area contributed by atoms with Crippen molar-refractivity contribution < 1.29 is 18.7 Å². The number of benzene rings is 1. The summed E-state index contributed by atoms with van der Waals surface area (Å²) < 4.78 is 10.1. The Labute approximate surface area is 108 Å². The van der Waals surface area contributed by atoms with Gasteiger partial charge in [-0.2, -0.15) is 0 Å². The first-order valence-corrected chi connectivity index (χ1v) is 5.67. The smallest absolute Gasteiger partial charge is 0.336 e. The van der Waals surface area contributed by atoms with Crippen LogP contribution in [-0.4, -0.2) is 11.8 Å². The third-order valence-electron chi connectivity index (χ3n) is 2.70. The summed E-state index contributed by atoms with van der Waals surface area (Å²) in [6.45, 7) is 4.31. The van der Waals surface area contributed by atoms with Crippen LogP contribution in [0.1, 0.15) is 29.8 Å². The van der Waals surface area contributed by atoms with Gasteiger partial charge in [-0.05, 0) is 31.5 Å². The first-order valence-electron chi connectivity index (χ1n) is 5.67. The molecule has 0 aliphatic carbocycles. The van der Waals surface area contributed by atoms with Gasteiger partial charge in [-0.15, -0.1) is 0 Å². The van der Waals surface area contributed by atoms with Gasteiger partial charge in [0.25, 0.3) is 0 Å². The Morgan fingerprint density at radius 1 is 1.21 bits per heavy atom. The van der Waals surface area contributed by atoms with Gasteiger partial charge >= 0.3 is 11.6 Å². The number of carbonyl (C=O) groups is 2. The van der Waals surface area contributed by atoms with E-state index in [0.29, 0.717) is 10.9 Å². The van der Waals surface area contributed by atoms with E-state index in [0.717, 1.165) is 0 Å². The largest absolute Gasteiger partial charge is 0.422 e. The SMILES string of the molecule is CC(=O)Oc1c(C(C)=O)ccc2c(C)cc(=O)oc12. The lowest BCUT2D eigenvalue weighted by atomic mass is 10.0. The minimum absolute atomic E-state index is 0.00157. The predicted molar refractivity (Wildman–Crippen MR) is 68.5 cm³/mol. The van der Waals surface area contributed by atoms with Crippen LogP contribution in [0.4, 0.5) is 0 Å². The molecule has 0 aliphatic rings. The second-order valence-corrected chi connectivity index (χ2v) is 4.22. The number of rotatable bonds is 2. The average molecular weight is 260 g/mol. The van der Waals surface area contributed by atoms with Crippen molar-refractivity contribution in [1.82, 2.24) is 0 Å². The highest BCUT2D eigenvalue weighted by molar-refractivity contribution is 6.03. The van der Waals surface area contributed by atoms with Gasteiger partial charge in [0.2, 0.25) is 0 Å². The number of hydrogen-bond acceptors (Lipinski definition) is 5. The fourth-order valence-corrected chi connectivity index (χ4v) is 1.88. The Morgan fingerprint density at radius 2 is 1.89 bits per heavy atom. The molecule has 5 nitrogen and oxygen atoms in total. The van der Waals surface area contributed by atoms with Gasteiger partial charge in [-0.1, -0.05) is 0 Å². The van der Waals surface area contributed by atoms with Crippen LogP contribution in [0, 0.1) is 6.92 Å². The van der Waals surface area contributed by atoms with E-state index in [2.05, 4.69) is 0 Å². The molecule has 0 atom stereocenters. The van der Waals surface area contributed by atoms with E-state index in [9.17, 15) is 14.4 Å². The number of hydrogen-bond donors (Lipinski definition) is 0. The molecule has 0 radical (unpaired) electrons. The Balaban J connectivity index is 2.89. The van der Waals surface area contributed by atoms with Crippen LogP contribution in [-0.2, 0) is 4.79 Å². The van der Waals surface area contributed by atoms with E-state index >= 15 is 0 Å². The molecule has 5 heteroatoms. The quantitative estimate of drug-likeness (QED) is 0.358. The number of ether oxygens (including phenoxy) is 1. The first-order chi connectivity index (χ1) is 8.90. The number of aryl methyl sites for hydroxylation is 1. The van der Waals surface area contributed by atoms with Crippen LogP contribution in [0.5, 0.6) is 5.75 Å². The van der Waals surface area contributed by atoms with Crippen LogP contribution >= 0.6 is 0 Å². The fraction of sp³-hybridized carbons (Fsp3) is 0.214. The van der Waals surface area contributed by atoms with E-state index in [4.69, 9.17) is 9.15 Å². The van der Waals surface area contributed by atoms with Gasteiger partial charge in [-0.25, -0.2) is 4.79 Å². The van der Waals surface area contributed by atoms with Gasteiger partial charge in [0.15, 0.2) is 17.1 Å². The monoisotopic (exact) mass is 260 g/mol. The third kappa shape index (κ3) is 2.40. The zero-order valence-electron chi connectivity index (χ0n) is 10.8. The molecule has 2 rings (SSSR count). The van der Waals surface area contributed by atoms with E-state index in [1.807, 2.05) is 0 Å². The molecule has 0 saturated carbocycles. The highest BCUT2D eigenvalue weighted by atomic mass is 16.5. The van der Waals surface area contributed by atoms with Gasteiger partial charge < -0.3 is 9.15 Å². The summed E-state index contributed by atoms with van der Waals surface area (Å²) in [5.41, 5.74) is 0.457. The Kier molecular flexibility index (Phi) is 3.21. The zero-order chi connectivity index (χ0) is 14.2. The third-order valence-corrected chi connectivity index (χ3v) is 2.70. The molecule has 0 aliphatic heterocycles. The number of Topliss-reactive ketones (excluding diaryl/α,β-unsaturated/α-hetero) is 1. The van der Waals surface area contributed by atoms with Crippen molar-refractivity contribution in [2.75, 3.05) is 0 Å². The van der Waals surface area contributed by atoms with E-state index < -0.39 is 11.6 Å². The lowest BCUT2D eigenvalue weighted by molar-refractivity contribution is -0.131. The van der Waals surface area contributed by atoms with Crippen molar-refractivity contribution in [2.45, 2.75) is 20.8 Å². The lowest BCUT2D eigenvalue weighted by Gasteiger charge is -2.10. The molecular weight excluding hydrogens is 248 g/mol. The molecule has 0 bridgehead atoms. The van der Waals surface area contributed by atoms with Crippen LogP contribution in [0.25, 0.3) is 11.0 Å². The normalized spacial score (nSPS) is 10.5. The van der Waals surface area contributed by atoms with E-state index in [1.54, 1.807) is 19.1 Å². The number of ketones is 1. The van der Waals surface area contributed by atoms with Gasteiger partial charge in [0.05, 0.1) is 5.56 Å². The maximum Gasteiger partial charge on any atom is 0.336 e. The van der Waals surface area contributed by atoms with Crippen LogP contribution in [0.2, 0.25) is 0 Å². The number of esters is 1. The van der Waals surface area contributed by atoms with Crippen molar-refractivity contribution in [2.24, 2.45) is 0 Å². The molecule has 0 unspecified atom stereocenters. The van der Waals surface area contributed by atoms with Gasteiger partial charge in [0.1, 0.15) is 0 Å². The molecule has 2 aromatic rings. The Bertz CT molecular complexity index is 739. The van der Waals surface area contributed by atoms with Gasteiger partial charge in [0, 0.05) is 18.4 Å². The molecule has 0 saturated heterocycles. The highest BCUT2D eigenvalue weighted by Gasteiger charge is 2.18. The molecule has 0 spiro atoms. The van der Waals surface area contributed by atoms with E-state index in [-0.39, 0.29) is 22.7 Å². The van der Waals surface area contributed by atoms with Crippen molar-refractivity contribution >= 4 is 22.7 Å². The average Bonchev–Trinajstić information content (AvgIpc) is 2.28. The molecule has 0 amide bonds.